The van der Waals surface area contributed by atoms with E-state index in [1.54, 1.807) is 24.3 Å². The van der Waals surface area contributed by atoms with Crippen molar-refractivity contribution in [3.63, 3.8) is 0 Å². The first-order valence-corrected chi connectivity index (χ1v) is 10.4. The van der Waals surface area contributed by atoms with Crippen molar-refractivity contribution >= 4 is 23.4 Å². The van der Waals surface area contributed by atoms with Gasteiger partial charge in [0.2, 0.25) is 11.8 Å². The summed E-state index contributed by atoms with van der Waals surface area (Å²) in [6.45, 7) is 8.84. The Morgan fingerprint density at radius 2 is 1.55 bits per heavy atom. The first-order valence-electron chi connectivity index (χ1n) is 10.4. The zero-order valence-corrected chi connectivity index (χ0v) is 18.6. The van der Waals surface area contributed by atoms with Crippen LogP contribution in [0.4, 0.5) is 5.69 Å². The number of benzene rings is 2. The number of carbonyl (C=O) groups is 3. The van der Waals surface area contributed by atoms with Gasteiger partial charge in [-0.3, -0.25) is 25.2 Å². The summed E-state index contributed by atoms with van der Waals surface area (Å²) in [6, 6.07) is 12.3. The number of carbonyl (C=O) groups excluding carboxylic acids is 3. The van der Waals surface area contributed by atoms with Gasteiger partial charge in [0.05, 0.1) is 6.61 Å². The molecule has 0 saturated heterocycles. The van der Waals surface area contributed by atoms with Crippen molar-refractivity contribution in [2.24, 2.45) is 5.92 Å². The van der Waals surface area contributed by atoms with E-state index >= 15 is 0 Å². The van der Waals surface area contributed by atoms with Crippen LogP contribution in [0.3, 0.4) is 0 Å². The first-order chi connectivity index (χ1) is 14.7. The minimum Gasteiger partial charge on any atom is -0.494 e. The van der Waals surface area contributed by atoms with E-state index in [-0.39, 0.29) is 18.7 Å². The predicted molar refractivity (Wildman–Crippen MR) is 121 cm³/mol. The number of aryl methyl sites for hydroxylation is 2. The summed E-state index contributed by atoms with van der Waals surface area (Å²) in [7, 11) is 0. The highest BCUT2D eigenvalue weighted by atomic mass is 16.5. The highest BCUT2D eigenvalue weighted by molar-refractivity contribution is 5.96. The van der Waals surface area contributed by atoms with Crippen molar-refractivity contribution < 1.29 is 19.1 Å². The molecule has 0 spiro atoms. The minimum absolute atomic E-state index is 0.0110. The summed E-state index contributed by atoms with van der Waals surface area (Å²) in [4.78, 5) is 36.1. The lowest BCUT2D eigenvalue weighted by Gasteiger charge is -2.10. The Hall–Kier alpha value is -3.35. The summed E-state index contributed by atoms with van der Waals surface area (Å²) >= 11 is 0. The molecule has 0 aliphatic heterocycles. The molecule has 0 aliphatic carbocycles. The number of nitrogens with one attached hydrogen (secondary N) is 3. The lowest BCUT2D eigenvalue weighted by atomic mass is 10.1. The number of hydrogen-bond acceptors (Lipinski definition) is 4. The van der Waals surface area contributed by atoms with E-state index in [0.717, 1.165) is 17.5 Å². The van der Waals surface area contributed by atoms with E-state index in [1.807, 2.05) is 32.0 Å². The van der Waals surface area contributed by atoms with Crippen molar-refractivity contribution in [1.82, 2.24) is 10.9 Å². The quantitative estimate of drug-likeness (QED) is 0.531. The van der Waals surface area contributed by atoms with Gasteiger partial charge in [0.1, 0.15) is 5.75 Å². The van der Waals surface area contributed by atoms with Crippen LogP contribution in [0.5, 0.6) is 5.75 Å². The predicted octanol–water partition coefficient (Wildman–Crippen LogP) is 3.91. The van der Waals surface area contributed by atoms with Gasteiger partial charge in [0, 0.05) is 24.1 Å². The molecule has 0 aliphatic rings. The van der Waals surface area contributed by atoms with Crippen molar-refractivity contribution in [2.45, 2.75) is 47.0 Å². The molecule has 0 heterocycles. The molecule has 7 heteroatoms. The second-order valence-corrected chi connectivity index (χ2v) is 7.90. The molecule has 0 unspecified atom stereocenters. The monoisotopic (exact) mass is 425 g/mol. The molecule has 2 aromatic carbocycles. The molecule has 7 nitrogen and oxygen atoms in total. The summed E-state index contributed by atoms with van der Waals surface area (Å²) in [5.41, 5.74) is 7.98. The zero-order valence-electron chi connectivity index (χ0n) is 18.6. The fraction of sp³-hybridized carbons (Fsp3) is 0.375. The molecular formula is C24H31N3O4. The molecule has 0 bridgehead atoms. The molecule has 3 N–H and O–H groups in total. The Bertz CT molecular complexity index is 908. The maximum atomic E-state index is 12.2. The topological polar surface area (TPSA) is 96.5 Å². The van der Waals surface area contributed by atoms with Gasteiger partial charge in [-0.15, -0.1) is 0 Å². The van der Waals surface area contributed by atoms with Crippen LogP contribution in [0.1, 0.15) is 54.6 Å². The van der Waals surface area contributed by atoms with Gasteiger partial charge >= 0.3 is 0 Å². The highest BCUT2D eigenvalue weighted by Gasteiger charge is 2.10. The van der Waals surface area contributed by atoms with Crippen LogP contribution in [0.2, 0.25) is 0 Å². The Balaban J connectivity index is 1.70. The zero-order chi connectivity index (χ0) is 22.8. The first kappa shape index (κ1) is 23.9. The summed E-state index contributed by atoms with van der Waals surface area (Å²) < 4.78 is 5.62. The van der Waals surface area contributed by atoms with Crippen LogP contribution in [0.25, 0.3) is 0 Å². The van der Waals surface area contributed by atoms with Gasteiger partial charge in [-0.25, -0.2) is 0 Å². The van der Waals surface area contributed by atoms with E-state index in [4.69, 9.17) is 4.74 Å². The normalized spacial score (nSPS) is 10.5. The molecule has 2 rings (SSSR count). The standard InChI is InChI=1S/C24H31N3O4/c1-16(2)13-14-31-21-9-6-19(7-10-21)24(30)27-26-23(29)12-11-22(28)25-20-8-5-17(3)18(4)15-20/h5-10,15-16H,11-14H2,1-4H3,(H,25,28)(H,26,29)(H,27,30). The number of ether oxygens (including phenoxy) is 1. The Labute approximate surface area is 183 Å². The Morgan fingerprint density at radius 3 is 2.19 bits per heavy atom. The molecule has 166 valence electrons. The number of amides is 3. The molecule has 31 heavy (non-hydrogen) atoms. The van der Waals surface area contributed by atoms with Gasteiger partial charge in [-0.2, -0.15) is 0 Å². The number of anilines is 1. The van der Waals surface area contributed by atoms with Gasteiger partial charge < -0.3 is 10.1 Å². The van der Waals surface area contributed by atoms with E-state index in [9.17, 15) is 14.4 Å². The maximum Gasteiger partial charge on any atom is 0.269 e. The third-order valence-corrected chi connectivity index (χ3v) is 4.77. The number of rotatable bonds is 9. The minimum atomic E-state index is -0.447. The van der Waals surface area contributed by atoms with Gasteiger partial charge in [0.15, 0.2) is 0 Å². The number of hydrogen-bond donors (Lipinski definition) is 3. The SMILES string of the molecule is Cc1ccc(NC(=O)CCC(=O)NNC(=O)c2ccc(OCCC(C)C)cc2)cc1C. The van der Waals surface area contributed by atoms with Crippen LogP contribution in [-0.4, -0.2) is 24.3 Å². The molecule has 0 radical (unpaired) electrons. The lowest BCUT2D eigenvalue weighted by Crippen LogP contribution is -2.41. The Kier molecular flexibility index (Phi) is 9.06. The fourth-order valence-corrected chi connectivity index (χ4v) is 2.65. The average Bonchev–Trinajstić information content (AvgIpc) is 2.73. The third-order valence-electron chi connectivity index (χ3n) is 4.77. The molecule has 0 saturated carbocycles. The van der Waals surface area contributed by atoms with Gasteiger partial charge in [-0.05, 0) is 73.7 Å². The molecule has 0 aromatic heterocycles. The van der Waals surface area contributed by atoms with Crippen LogP contribution >= 0.6 is 0 Å². The van der Waals surface area contributed by atoms with Crippen LogP contribution in [-0.2, 0) is 9.59 Å². The van der Waals surface area contributed by atoms with Crippen molar-refractivity contribution in [3.8, 4) is 5.75 Å². The molecule has 2 aromatic rings. The van der Waals surface area contributed by atoms with Crippen LogP contribution in [0, 0.1) is 19.8 Å². The lowest BCUT2D eigenvalue weighted by molar-refractivity contribution is -0.124. The summed E-state index contributed by atoms with van der Waals surface area (Å²) in [5.74, 6) is 0.0965. The maximum absolute atomic E-state index is 12.2. The Morgan fingerprint density at radius 1 is 0.871 bits per heavy atom. The molecule has 0 fully saturated rings. The molecule has 3 amide bonds. The fourth-order valence-electron chi connectivity index (χ4n) is 2.65. The van der Waals surface area contributed by atoms with E-state index in [0.29, 0.717) is 29.5 Å². The number of hydrazine groups is 1. The average molecular weight is 426 g/mol. The summed E-state index contributed by atoms with van der Waals surface area (Å²) in [6.07, 6.45) is 0.924. The van der Waals surface area contributed by atoms with Gasteiger partial charge in [-0.1, -0.05) is 19.9 Å². The third kappa shape index (κ3) is 8.50. The van der Waals surface area contributed by atoms with Crippen LogP contribution in [0.15, 0.2) is 42.5 Å². The van der Waals surface area contributed by atoms with E-state index in [2.05, 4.69) is 30.0 Å². The molecular weight excluding hydrogens is 394 g/mol. The van der Waals surface area contributed by atoms with Crippen molar-refractivity contribution in [3.05, 3.63) is 59.2 Å². The van der Waals surface area contributed by atoms with E-state index in [1.165, 1.54) is 0 Å². The smallest absolute Gasteiger partial charge is 0.269 e. The van der Waals surface area contributed by atoms with Crippen molar-refractivity contribution in [1.29, 1.82) is 0 Å². The largest absolute Gasteiger partial charge is 0.494 e. The van der Waals surface area contributed by atoms with Crippen molar-refractivity contribution in [2.75, 3.05) is 11.9 Å². The second kappa shape index (κ2) is 11.7. The second-order valence-electron chi connectivity index (χ2n) is 7.90. The molecule has 0 atom stereocenters. The highest BCUT2D eigenvalue weighted by Crippen LogP contribution is 2.15. The van der Waals surface area contributed by atoms with Gasteiger partial charge in [0.25, 0.3) is 5.91 Å². The summed E-state index contributed by atoms with van der Waals surface area (Å²) in [5, 5.41) is 2.76. The van der Waals surface area contributed by atoms with E-state index < -0.39 is 11.8 Å². The van der Waals surface area contributed by atoms with Crippen LogP contribution < -0.4 is 20.9 Å².